The van der Waals surface area contributed by atoms with Gasteiger partial charge < -0.3 is 19.7 Å². The Labute approximate surface area is 118 Å². The highest BCUT2D eigenvalue weighted by Gasteiger charge is 2.06. The van der Waals surface area contributed by atoms with Gasteiger partial charge in [0, 0.05) is 13.6 Å². The summed E-state index contributed by atoms with van der Waals surface area (Å²) in [7, 11) is 1.88. The van der Waals surface area contributed by atoms with Gasteiger partial charge >= 0.3 is 0 Å². The molecule has 1 atom stereocenters. The number of nitrogens with one attached hydrogen (secondary N) is 1. The largest absolute Gasteiger partial charge is 0.491 e. The first-order chi connectivity index (χ1) is 9.65. The van der Waals surface area contributed by atoms with Gasteiger partial charge in [-0.1, -0.05) is 17.7 Å². The number of aromatic nitrogens is 3. The van der Waals surface area contributed by atoms with Crippen LogP contribution in [-0.4, -0.2) is 39.1 Å². The van der Waals surface area contributed by atoms with Crippen molar-refractivity contribution < 1.29 is 9.84 Å². The van der Waals surface area contributed by atoms with Crippen LogP contribution >= 0.6 is 0 Å². The number of benzene rings is 1. The number of hydrogen-bond acceptors (Lipinski definition) is 5. The second-order valence-corrected chi connectivity index (χ2v) is 4.77. The van der Waals surface area contributed by atoms with Crippen LogP contribution in [0.1, 0.15) is 11.4 Å². The summed E-state index contributed by atoms with van der Waals surface area (Å²) in [6.07, 6.45) is 1.08. The molecule has 1 unspecified atom stereocenters. The summed E-state index contributed by atoms with van der Waals surface area (Å²) in [5.41, 5.74) is 1.18. The van der Waals surface area contributed by atoms with Crippen molar-refractivity contribution in [2.75, 3.05) is 13.2 Å². The maximum atomic E-state index is 9.83. The van der Waals surface area contributed by atoms with Crippen LogP contribution in [0.2, 0.25) is 0 Å². The molecule has 0 amide bonds. The molecule has 0 aliphatic rings. The number of ether oxygens (including phenoxy) is 1. The van der Waals surface area contributed by atoms with Gasteiger partial charge in [-0.25, -0.2) is 0 Å². The van der Waals surface area contributed by atoms with E-state index in [1.165, 1.54) is 5.56 Å². The van der Waals surface area contributed by atoms with E-state index in [0.29, 0.717) is 13.1 Å². The fraction of sp³-hybridized carbons (Fsp3) is 0.429. The molecule has 0 bridgehead atoms. The number of rotatable bonds is 7. The Morgan fingerprint density at radius 1 is 1.35 bits per heavy atom. The number of nitrogens with zero attached hydrogens (tertiary/aromatic N) is 3. The van der Waals surface area contributed by atoms with Gasteiger partial charge in [-0.05, 0) is 19.1 Å². The lowest BCUT2D eigenvalue weighted by molar-refractivity contribution is 0.106. The third kappa shape index (κ3) is 4.32. The quantitative estimate of drug-likeness (QED) is 0.777. The van der Waals surface area contributed by atoms with E-state index in [-0.39, 0.29) is 6.61 Å². The van der Waals surface area contributed by atoms with Gasteiger partial charge in [0.2, 0.25) is 0 Å². The summed E-state index contributed by atoms with van der Waals surface area (Å²) in [5, 5.41) is 20.7. The lowest BCUT2D eigenvalue weighted by Crippen LogP contribution is -2.31. The molecular weight excluding hydrogens is 256 g/mol. The van der Waals surface area contributed by atoms with E-state index >= 15 is 0 Å². The van der Waals surface area contributed by atoms with Crippen molar-refractivity contribution in [2.24, 2.45) is 7.05 Å². The van der Waals surface area contributed by atoms with E-state index < -0.39 is 6.10 Å². The molecular formula is C14H20N4O2. The molecule has 6 heteroatoms. The minimum absolute atomic E-state index is 0.259. The maximum Gasteiger partial charge on any atom is 0.146 e. The van der Waals surface area contributed by atoms with Crippen LogP contribution in [0.15, 0.2) is 30.6 Å². The summed E-state index contributed by atoms with van der Waals surface area (Å²) >= 11 is 0. The Morgan fingerprint density at radius 3 is 2.75 bits per heavy atom. The van der Waals surface area contributed by atoms with Crippen LogP contribution in [0.3, 0.4) is 0 Å². The Bertz CT molecular complexity index is 524. The third-order valence-corrected chi connectivity index (χ3v) is 2.93. The maximum absolute atomic E-state index is 9.83. The molecule has 1 heterocycles. The van der Waals surface area contributed by atoms with Gasteiger partial charge in [-0.15, -0.1) is 10.2 Å². The predicted molar refractivity (Wildman–Crippen MR) is 75.4 cm³/mol. The zero-order chi connectivity index (χ0) is 14.4. The average molecular weight is 276 g/mol. The molecule has 1 aromatic carbocycles. The first-order valence-corrected chi connectivity index (χ1v) is 6.56. The van der Waals surface area contributed by atoms with Crippen LogP contribution in [0, 0.1) is 6.92 Å². The normalized spacial score (nSPS) is 12.3. The molecule has 0 radical (unpaired) electrons. The van der Waals surface area contributed by atoms with Crippen LogP contribution in [0.25, 0.3) is 0 Å². The van der Waals surface area contributed by atoms with Crippen molar-refractivity contribution in [3.8, 4) is 5.75 Å². The highest BCUT2D eigenvalue weighted by atomic mass is 16.5. The Balaban J connectivity index is 1.66. The van der Waals surface area contributed by atoms with Gasteiger partial charge in [-0.3, -0.25) is 0 Å². The van der Waals surface area contributed by atoms with Crippen LogP contribution < -0.4 is 10.1 Å². The molecule has 2 aromatic rings. The molecule has 0 saturated carbocycles. The van der Waals surface area contributed by atoms with Crippen molar-refractivity contribution in [3.05, 3.63) is 42.0 Å². The summed E-state index contributed by atoms with van der Waals surface area (Å²) in [5.74, 6) is 1.60. The number of aryl methyl sites for hydroxylation is 2. The molecule has 2 N–H and O–H groups in total. The minimum atomic E-state index is -0.565. The molecule has 0 saturated heterocycles. The van der Waals surface area contributed by atoms with Crippen molar-refractivity contribution in [2.45, 2.75) is 19.6 Å². The van der Waals surface area contributed by atoms with E-state index in [9.17, 15) is 5.11 Å². The van der Waals surface area contributed by atoms with Crippen molar-refractivity contribution >= 4 is 0 Å². The van der Waals surface area contributed by atoms with Crippen LogP contribution in [0.5, 0.6) is 5.75 Å². The molecule has 1 aromatic heterocycles. The molecule has 0 fully saturated rings. The standard InChI is InChI=1S/C14H20N4O2/c1-11-3-5-13(6-4-11)20-9-12(19)7-15-8-14-17-16-10-18(14)2/h3-6,10,12,15,19H,7-9H2,1-2H3. The van der Waals surface area contributed by atoms with E-state index in [1.54, 1.807) is 6.33 Å². The summed E-state index contributed by atoms with van der Waals surface area (Å²) in [6, 6.07) is 7.76. The second kappa shape index (κ2) is 7.02. The molecule has 20 heavy (non-hydrogen) atoms. The van der Waals surface area contributed by atoms with E-state index in [4.69, 9.17) is 4.74 Å². The Kier molecular flexibility index (Phi) is 5.09. The zero-order valence-corrected chi connectivity index (χ0v) is 11.8. The molecule has 2 rings (SSSR count). The molecule has 0 aliphatic heterocycles. The third-order valence-electron chi connectivity index (χ3n) is 2.93. The first kappa shape index (κ1) is 14.5. The topological polar surface area (TPSA) is 72.2 Å². The fourth-order valence-corrected chi connectivity index (χ4v) is 1.70. The molecule has 108 valence electrons. The predicted octanol–water partition coefficient (Wildman–Crippen LogP) is 0.653. The van der Waals surface area contributed by atoms with E-state index in [2.05, 4.69) is 15.5 Å². The molecule has 0 spiro atoms. The monoisotopic (exact) mass is 276 g/mol. The van der Waals surface area contributed by atoms with Gasteiger partial charge in [0.1, 0.15) is 30.6 Å². The Hall–Kier alpha value is -1.92. The van der Waals surface area contributed by atoms with E-state index in [0.717, 1.165) is 11.6 Å². The van der Waals surface area contributed by atoms with Crippen LogP contribution in [-0.2, 0) is 13.6 Å². The summed E-state index contributed by atoms with van der Waals surface area (Å²) < 4.78 is 7.35. The van der Waals surface area contributed by atoms with Crippen molar-refractivity contribution in [1.82, 2.24) is 20.1 Å². The van der Waals surface area contributed by atoms with Crippen molar-refractivity contribution in [1.29, 1.82) is 0 Å². The summed E-state index contributed by atoms with van der Waals surface area (Å²) in [6.45, 7) is 3.29. The van der Waals surface area contributed by atoms with Crippen molar-refractivity contribution in [3.63, 3.8) is 0 Å². The van der Waals surface area contributed by atoms with E-state index in [1.807, 2.05) is 42.8 Å². The highest BCUT2D eigenvalue weighted by Crippen LogP contribution is 2.11. The first-order valence-electron chi connectivity index (χ1n) is 6.56. The minimum Gasteiger partial charge on any atom is -0.491 e. The number of hydrogen-bond donors (Lipinski definition) is 2. The smallest absolute Gasteiger partial charge is 0.146 e. The Morgan fingerprint density at radius 2 is 2.10 bits per heavy atom. The number of aliphatic hydroxyl groups excluding tert-OH is 1. The lowest BCUT2D eigenvalue weighted by Gasteiger charge is -2.13. The highest BCUT2D eigenvalue weighted by molar-refractivity contribution is 5.26. The second-order valence-electron chi connectivity index (χ2n) is 4.77. The average Bonchev–Trinajstić information content (AvgIpc) is 2.84. The fourth-order valence-electron chi connectivity index (χ4n) is 1.70. The van der Waals surface area contributed by atoms with Gasteiger partial charge in [0.25, 0.3) is 0 Å². The lowest BCUT2D eigenvalue weighted by atomic mass is 10.2. The number of aliphatic hydroxyl groups is 1. The SMILES string of the molecule is Cc1ccc(OCC(O)CNCc2nncn2C)cc1. The summed E-state index contributed by atoms with van der Waals surface area (Å²) in [4.78, 5) is 0. The van der Waals surface area contributed by atoms with Gasteiger partial charge in [-0.2, -0.15) is 0 Å². The van der Waals surface area contributed by atoms with Gasteiger partial charge in [0.05, 0.1) is 6.54 Å². The van der Waals surface area contributed by atoms with Crippen LogP contribution in [0.4, 0.5) is 0 Å². The van der Waals surface area contributed by atoms with Gasteiger partial charge in [0.15, 0.2) is 0 Å². The molecule has 0 aliphatic carbocycles. The molecule has 6 nitrogen and oxygen atoms in total. The zero-order valence-electron chi connectivity index (χ0n) is 11.8.